The highest BCUT2D eigenvalue weighted by molar-refractivity contribution is 5.03. The van der Waals surface area contributed by atoms with Crippen molar-refractivity contribution in [3.05, 3.63) is 12.2 Å². The molecule has 2 saturated carbocycles. The third-order valence-electron chi connectivity index (χ3n) is 3.01. The van der Waals surface area contributed by atoms with Gasteiger partial charge in [0.2, 0.25) is 0 Å². The lowest BCUT2D eigenvalue weighted by molar-refractivity contribution is 0.495. The molecule has 1 nitrogen and oxygen atoms in total. The summed E-state index contributed by atoms with van der Waals surface area (Å²) in [5.74, 6) is 2.13. The highest BCUT2D eigenvalue weighted by Crippen LogP contribution is 2.51. The minimum absolute atomic E-state index is 0.830. The quantitative estimate of drug-likeness (QED) is 0.608. The maximum Gasteiger partial charge on any atom is 0.0161 e. The normalized spacial score (nSPS) is 40.3. The fourth-order valence-corrected chi connectivity index (χ4v) is 2.26. The summed E-state index contributed by atoms with van der Waals surface area (Å²) in [6.07, 6.45) is 4.37. The maximum absolute atomic E-state index is 3.89. The number of fused-ring (bicyclic) bond motifs is 1. The SMILES string of the molecule is C=C(C)CNC1CC[C@@H]2C[C@H]12. The van der Waals surface area contributed by atoms with E-state index in [4.69, 9.17) is 0 Å². The lowest BCUT2D eigenvalue weighted by atomic mass is 10.1. The molecule has 0 aromatic heterocycles. The topological polar surface area (TPSA) is 12.0 Å². The molecule has 0 amide bonds. The van der Waals surface area contributed by atoms with Crippen LogP contribution < -0.4 is 5.32 Å². The monoisotopic (exact) mass is 151 g/mol. The van der Waals surface area contributed by atoms with Crippen molar-refractivity contribution in [2.24, 2.45) is 11.8 Å². The Kier molecular flexibility index (Phi) is 1.76. The zero-order valence-corrected chi connectivity index (χ0v) is 7.27. The summed E-state index contributed by atoms with van der Waals surface area (Å²) in [6.45, 7) is 7.00. The van der Waals surface area contributed by atoms with E-state index in [1.807, 2.05) is 0 Å². The first kappa shape index (κ1) is 7.35. The van der Waals surface area contributed by atoms with Gasteiger partial charge in [0.05, 0.1) is 0 Å². The molecule has 2 fully saturated rings. The Bertz CT molecular complexity index is 174. The Morgan fingerprint density at radius 3 is 2.82 bits per heavy atom. The minimum Gasteiger partial charge on any atom is -0.310 e. The van der Waals surface area contributed by atoms with E-state index in [1.165, 1.54) is 24.8 Å². The average Bonchev–Trinajstić information content (AvgIpc) is 2.62. The number of nitrogens with one attached hydrogen (secondary N) is 1. The standard InChI is InChI=1S/C10H17N/c1-7(2)6-11-10-4-3-8-5-9(8)10/h8-11H,1,3-6H2,2H3/t8-,9+,10?/m1/s1. The molecule has 11 heavy (non-hydrogen) atoms. The molecule has 2 rings (SSSR count). The van der Waals surface area contributed by atoms with Crippen LogP contribution in [0, 0.1) is 11.8 Å². The van der Waals surface area contributed by atoms with Gasteiger partial charge >= 0.3 is 0 Å². The third-order valence-corrected chi connectivity index (χ3v) is 3.01. The van der Waals surface area contributed by atoms with E-state index in [0.29, 0.717) is 0 Å². The zero-order chi connectivity index (χ0) is 7.84. The van der Waals surface area contributed by atoms with E-state index < -0.39 is 0 Å². The van der Waals surface area contributed by atoms with E-state index in [9.17, 15) is 0 Å². The second kappa shape index (κ2) is 2.63. The molecule has 1 heteroatoms. The molecule has 2 aliphatic carbocycles. The fourth-order valence-electron chi connectivity index (χ4n) is 2.26. The molecule has 0 radical (unpaired) electrons. The van der Waals surface area contributed by atoms with Gasteiger partial charge < -0.3 is 5.32 Å². The van der Waals surface area contributed by atoms with Crippen molar-refractivity contribution in [3.63, 3.8) is 0 Å². The minimum atomic E-state index is 0.830. The van der Waals surface area contributed by atoms with Crippen LogP contribution in [0.3, 0.4) is 0 Å². The van der Waals surface area contributed by atoms with Gasteiger partial charge in [0.15, 0.2) is 0 Å². The van der Waals surface area contributed by atoms with Crippen molar-refractivity contribution in [1.29, 1.82) is 0 Å². The van der Waals surface area contributed by atoms with Gasteiger partial charge in [-0.15, -0.1) is 0 Å². The van der Waals surface area contributed by atoms with E-state index in [-0.39, 0.29) is 0 Å². The van der Waals surface area contributed by atoms with Crippen LogP contribution in [0.25, 0.3) is 0 Å². The van der Waals surface area contributed by atoms with Gasteiger partial charge in [-0.2, -0.15) is 0 Å². The molecule has 0 heterocycles. The van der Waals surface area contributed by atoms with Crippen LogP contribution in [0.1, 0.15) is 26.2 Å². The van der Waals surface area contributed by atoms with Crippen LogP contribution in [-0.2, 0) is 0 Å². The van der Waals surface area contributed by atoms with Crippen LogP contribution >= 0.6 is 0 Å². The average molecular weight is 151 g/mol. The van der Waals surface area contributed by atoms with Crippen LogP contribution in [0.4, 0.5) is 0 Å². The number of hydrogen-bond acceptors (Lipinski definition) is 1. The molecule has 1 unspecified atom stereocenters. The molecule has 3 atom stereocenters. The summed E-state index contributed by atoms with van der Waals surface area (Å²) < 4.78 is 0. The van der Waals surface area contributed by atoms with Crippen LogP contribution in [0.2, 0.25) is 0 Å². The summed E-state index contributed by atoms with van der Waals surface area (Å²) in [5, 5.41) is 3.57. The highest BCUT2D eigenvalue weighted by atomic mass is 14.9. The van der Waals surface area contributed by atoms with Crippen molar-refractivity contribution >= 4 is 0 Å². The van der Waals surface area contributed by atoms with Crippen LogP contribution in [0.15, 0.2) is 12.2 Å². The first-order valence-corrected chi connectivity index (χ1v) is 4.65. The molecule has 1 N–H and O–H groups in total. The summed E-state index contributed by atoms with van der Waals surface area (Å²) >= 11 is 0. The van der Waals surface area contributed by atoms with Gasteiger partial charge in [0.25, 0.3) is 0 Å². The van der Waals surface area contributed by atoms with Gasteiger partial charge in [-0.25, -0.2) is 0 Å². The molecule has 0 spiro atoms. The Balaban J connectivity index is 1.74. The zero-order valence-electron chi connectivity index (χ0n) is 7.27. The summed E-state index contributed by atoms with van der Waals surface area (Å²) in [7, 11) is 0. The Labute approximate surface area is 68.9 Å². The maximum atomic E-state index is 3.89. The van der Waals surface area contributed by atoms with E-state index in [2.05, 4.69) is 18.8 Å². The van der Waals surface area contributed by atoms with Crippen LogP contribution in [-0.4, -0.2) is 12.6 Å². The van der Waals surface area contributed by atoms with E-state index >= 15 is 0 Å². The van der Waals surface area contributed by atoms with Crippen molar-refractivity contribution in [2.45, 2.75) is 32.2 Å². The van der Waals surface area contributed by atoms with Gasteiger partial charge in [-0.05, 0) is 38.0 Å². The van der Waals surface area contributed by atoms with Crippen molar-refractivity contribution in [1.82, 2.24) is 5.32 Å². The molecule has 0 saturated heterocycles. The van der Waals surface area contributed by atoms with Crippen molar-refractivity contribution < 1.29 is 0 Å². The Morgan fingerprint density at radius 1 is 1.55 bits per heavy atom. The van der Waals surface area contributed by atoms with Crippen LogP contribution in [0.5, 0.6) is 0 Å². The molecule has 0 bridgehead atoms. The summed E-state index contributed by atoms with van der Waals surface area (Å²) in [5.41, 5.74) is 1.26. The van der Waals surface area contributed by atoms with Gasteiger partial charge in [-0.3, -0.25) is 0 Å². The molecule has 2 aliphatic rings. The third kappa shape index (κ3) is 1.48. The lowest BCUT2D eigenvalue weighted by Gasteiger charge is -2.13. The number of rotatable bonds is 3. The second-order valence-corrected chi connectivity index (χ2v) is 4.18. The molecule has 62 valence electrons. The van der Waals surface area contributed by atoms with Gasteiger partial charge in [-0.1, -0.05) is 12.2 Å². The van der Waals surface area contributed by atoms with Gasteiger partial charge in [0, 0.05) is 12.6 Å². The van der Waals surface area contributed by atoms with E-state index in [0.717, 1.165) is 24.4 Å². The molecular weight excluding hydrogens is 134 g/mol. The molecular formula is C10H17N. The Morgan fingerprint density at radius 2 is 2.36 bits per heavy atom. The van der Waals surface area contributed by atoms with E-state index in [1.54, 1.807) is 0 Å². The van der Waals surface area contributed by atoms with Crippen molar-refractivity contribution in [3.8, 4) is 0 Å². The largest absolute Gasteiger partial charge is 0.310 e. The summed E-state index contributed by atoms with van der Waals surface area (Å²) in [4.78, 5) is 0. The first-order valence-electron chi connectivity index (χ1n) is 4.65. The Hall–Kier alpha value is -0.300. The molecule has 0 aromatic rings. The second-order valence-electron chi connectivity index (χ2n) is 4.18. The lowest BCUT2D eigenvalue weighted by Crippen LogP contribution is -2.30. The predicted octanol–water partition coefficient (Wildman–Crippen LogP) is 1.95. The number of hydrogen-bond donors (Lipinski definition) is 1. The molecule has 0 aromatic carbocycles. The highest BCUT2D eigenvalue weighted by Gasteiger charge is 2.47. The fraction of sp³-hybridized carbons (Fsp3) is 0.800. The van der Waals surface area contributed by atoms with Crippen molar-refractivity contribution in [2.75, 3.05) is 6.54 Å². The predicted molar refractivity (Wildman–Crippen MR) is 47.4 cm³/mol. The van der Waals surface area contributed by atoms with Gasteiger partial charge in [0.1, 0.15) is 0 Å². The summed E-state index contributed by atoms with van der Waals surface area (Å²) in [6, 6.07) is 0.830. The first-order chi connectivity index (χ1) is 5.27. The molecule has 0 aliphatic heterocycles. The smallest absolute Gasteiger partial charge is 0.0161 e.